The number of hydrogen-bond donors (Lipinski definition) is 0. The number of anilines is 1. The highest BCUT2D eigenvalue weighted by Gasteiger charge is 2.49. The number of carbonyl (C=O) groups excluding carboxylic acids is 2. The summed E-state index contributed by atoms with van der Waals surface area (Å²) in [6.45, 7) is 2.70. The fourth-order valence-electron chi connectivity index (χ4n) is 4.42. The van der Waals surface area contributed by atoms with E-state index in [1.54, 1.807) is 13.2 Å². The molecule has 0 aliphatic carbocycles. The van der Waals surface area contributed by atoms with Crippen molar-refractivity contribution in [1.29, 1.82) is 0 Å². The molecule has 1 aromatic heterocycles. The molecule has 0 saturated heterocycles. The van der Waals surface area contributed by atoms with Crippen molar-refractivity contribution in [2.24, 2.45) is 0 Å². The van der Waals surface area contributed by atoms with Gasteiger partial charge in [-0.3, -0.25) is 9.59 Å². The average Bonchev–Trinajstić information content (AvgIpc) is 3.05. The number of benzene rings is 2. The van der Waals surface area contributed by atoms with Crippen molar-refractivity contribution in [3.8, 4) is 0 Å². The number of nitrogens with zero attached hydrogens (tertiary/aromatic N) is 3. The molecule has 2 aromatic carbocycles. The van der Waals surface area contributed by atoms with Crippen LogP contribution in [0.3, 0.4) is 0 Å². The van der Waals surface area contributed by atoms with Crippen LogP contribution in [0.25, 0.3) is 0 Å². The van der Waals surface area contributed by atoms with Gasteiger partial charge in [0.1, 0.15) is 12.0 Å². The molecule has 3 heterocycles. The van der Waals surface area contributed by atoms with Gasteiger partial charge in [0.2, 0.25) is 0 Å². The Labute approximate surface area is 174 Å². The fourth-order valence-corrected chi connectivity index (χ4v) is 4.42. The molecule has 1 atom stereocenters. The Morgan fingerprint density at radius 1 is 1.00 bits per heavy atom. The zero-order chi connectivity index (χ0) is 20.8. The lowest BCUT2D eigenvalue weighted by Crippen LogP contribution is -2.48. The standard InChI is InChI=1S/C24H21N3O3/c1-15-12-17(14-30-2)20-21(25-15)26(13-16-8-4-3-5-9-16)22-18-10-6-7-11-19(18)23(28)27(22)24(20)29/h3-12,22H,13-14H2,1-2H3/t22-/m0/s1. The van der Waals surface area contributed by atoms with Crippen LogP contribution in [-0.4, -0.2) is 28.8 Å². The van der Waals surface area contributed by atoms with E-state index in [2.05, 4.69) is 4.90 Å². The third kappa shape index (κ3) is 2.72. The summed E-state index contributed by atoms with van der Waals surface area (Å²) in [6.07, 6.45) is -0.515. The number of rotatable bonds is 4. The summed E-state index contributed by atoms with van der Waals surface area (Å²) in [6, 6.07) is 19.3. The molecule has 0 N–H and O–H groups in total. The lowest BCUT2D eigenvalue weighted by molar-refractivity contribution is 0.0553. The fraction of sp³-hybridized carbons (Fsp3) is 0.208. The average molecular weight is 399 g/mol. The Balaban J connectivity index is 1.75. The third-order valence-corrected chi connectivity index (χ3v) is 5.64. The van der Waals surface area contributed by atoms with Gasteiger partial charge in [-0.1, -0.05) is 48.5 Å². The van der Waals surface area contributed by atoms with E-state index in [-0.39, 0.29) is 18.4 Å². The summed E-state index contributed by atoms with van der Waals surface area (Å²) < 4.78 is 5.35. The second kappa shape index (κ2) is 7.07. The molecule has 0 bridgehead atoms. The molecule has 0 fully saturated rings. The topological polar surface area (TPSA) is 62.7 Å². The molecule has 0 spiro atoms. The Kier molecular flexibility index (Phi) is 4.37. The maximum atomic E-state index is 13.6. The normalized spacial score (nSPS) is 17.1. The molecule has 3 aromatic rings. The predicted octanol–water partition coefficient (Wildman–Crippen LogP) is 3.85. The quantitative estimate of drug-likeness (QED) is 0.624. The first-order valence-corrected chi connectivity index (χ1v) is 9.87. The molecular weight excluding hydrogens is 378 g/mol. The van der Waals surface area contributed by atoms with E-state index in [0.717, 1.165) is 22.4 Å². The molecule has 150 valence electrons. The number of pyridine rings is 1. The van der Waals surface area contributed by atoms with Crippen LogP contribution in [0.2, 0.25) is 0 Å². The number of carbonyl (C=O) groups is 2. The number of ether oxygens (including phenoxy) is 1. The van der Waals surface area contributed by atoms with Gasteiger partial charge in [-0.2, -0.15) is 0 Å². The Morgan fingerprint density at radius 2 is 1.73 bits per heavy atom. The van der Waals surface area contributed by atoms with Crippen LogP contribution < -0.4 is 4.90 Å². The van der Waals surface area contributed by atoms with Crippen LogP contribution >= 0.6 is 0 Å². The first-order valence-electron chi connectivity index (χ1n) is 9.87. The third-order valence-electron chi connectivity index (χ3n) is 5.64. The van der Waals surface area contributed by atoms with E-state index in [9.17, 15) is 9.59 Å². The van der Waals surface area contributed by atoms with Crippen molar-refractivity contribution in [3.63, 3.8) is 0 Å². The number of imide groups is 1. The van der Waals surface area contributed by atoms with Crippen molar-refractivity contribution >= 4 is 17.6 Å². The van der Waals surface area contributed by atoms with Gasteiger partial charge in [0.15, 0.2) is 0 Å². The van der Waals surface area contributed by atoms with Gasteiger partial charge in [0, 0.05) is 30.5 Å². The Hall–Kier alpha value is -3.51. The number of fused-ring (bicyclic) bond motifs is 4. The van der Waals surface area contributed by atoms with Crippen LogP contribution in [0.4, 0.5) is 5.82 Å². The maximum Gasteiger partial charge on any atom is 0.266 e. The van der Waals surface area contributed by atoms with Gasteiger partial charge in [-0.25, -0.2) is 9.88 Å². The largest absolute Gasteiger partial charge is 0.380 e. The molecule has 30 heavy (non-hydrogen) atoms. The number of aryl methyl sites for hydroxylation is 1. The molecule has 2 aliphatic heterocycles. The smallest absolute Gasteiger partial charge is 0.266 e. The van der Waals surface area contributed by atoms with E-state index in [4.69, 9.17) is 9.72 Å². The van der Waals surface area contributed by atoms with Gasteiger partial charge in [-0.05, 0) is 30.2 Å². The molecule has 0 saturated carbocycles. The van der Waals surface area contributed by atoms with Crippen LogP contribution in [0.15, 0.2) is 60.7 Å². The summed E-state index contributed by atoms with van der Waals surface area (Å²) in [5, 5.41) is 0. The van der Waals surface area contributed by atoms with Crippen LogP contribution in [-0.2, 0) is 17.9 Å². The minimum atomic E-state index is -0.515. The Bertz CT molecular complexity index is 1160. The van der Waals surface area contributed by atoms with Gasteiger partial charge in [-0.15, -0.1) is 0 Å². The molecule has 5 rings (SSSR count). The van der Waals surface area contributed by atoms with Gasteiger partial charge in [0.25, 0.3) is 11.8 Å². The molecule has 2 amide bonds. The summed E-state index contributed by atoms with van der Waals surface area (Å²) in [5.74, 6) is 0.00923. The summed E-state index contributed by atoms with van der Waals surface area (Å²) in [5.41, 5.74) is 4.45. The lowest BCUT2D eigenvalue weighted by Gasteiger charge is -2.41. The van der Waals surface area contributed by atoms with E-state index >= 15 is 0 Å². The number of methoxy groups -OCH3 is 1. The van der Waals surface area contributed by atoms with Crippen LogP contribution in [0.1, 0.15) is 49.3 Å². The highest BCUT2D eigenvalue weighted by atomic mass is 16.5. The van der Waals surface area contributed by atoms with E-state index < -0.39 is 6.17 Å². The number of hydrogen-bond acceptors (Lipinski definition) is 5. The molecule has 0 radical (unpaired) electrons. The number of amides is 2. The SMILES string of the molecule is COCc1cc(C)nc2c1C(=O)N1C(=O)c3ccccc3[C@H]1N2Cc1ccccc1. The van der Waals surface area contributed by atoms with E-state index in [0.29, 0.717) is 23.5 Å². The highest BCUT2D eigenvalue weighted by molar-refractivity contribution is 6.17. The summed E-state index contributed by atoms with van der Waals surface area (Å²) >= 11 is 0. The van der Waals surface area contributed by atoms with Crippen molar-refractivity contribution in [3.05, 3.63) is 94.2 Å². The number of aromatic nitrogens is 1. The zero-order valence-corrected chi connectivity index (χ0v) is 16.8. The van der Waals surface area contributed by atoms with Gasteiger partial charge in [0.05, 0.1) is 12.2 Å². The lowest BCUT2D eigenvalue weighted by atomic mass is 10.0. The van der Waals surface area contributed by atoms with Crippen molar-refractivity contribution in [2.75, 3.05) is 12.0 Å². The van der Waals surface area contributed by atoms with E-state index in [1.807, 2.05) is 61.5 Å². The maximum absolute atomic E-state index is 13.6. The molecular formula is C24H21N3O3. The summed E-state index contributed by atoms with van der Waals surface area (Å²) in [4.78, 5) is 35.0. The molecule has 2 aliphatic rings. The van der Waals surface area contributed by atoms with Crippen LogP contribution in [0, 0.1) is 6.92 Å². The molecule has 6 heteroatoms. The van der Waals surface area contributed by atoms with Gasteiger partial charge < -0.3 is 9.64 Å². The zero-order valence-electron chi connectivity index (χ0n) is 16.8. The first kappa shape index (κ1) is 18.5. The predicted molar refractivity (Wildman–Crippen MR) is 112 cm³/mol. The van der Waals surface area contributed by atoms with E-state index in [1.165, 1.54) is 4.90 Å². The monoisotopic (exact) mass is 399 g/mol. The minimum Gasteiger partial charge on any atom is -0.380 e. The van der Waals surface area contributed by atoms with Crippen molar-refractivity contribution in [1.82, 2.24) is 9.88 Å². The summed E-state index contributed by atoms with van der Waals surface area (Å²) in [7, 11) is 1.59. The Morgan fingerprint density at radius 3 is 2.50 bits per heavy atom. The van der Waals surface area contributed by atoms with Crippen molar-refractivity contribution < 1.29 is 14.3 Å². The van der Waals surface area contributed by atoms with Gasteiger partial charge >= 0.3 is 0 Å². The molecule has 0 unspecified atom stereocenters. The van der Waals surface area contributed by atoms with Crippen LogP contribution in [0.5, 0.6) is 0 Å². The van der Waals surface area contributed by atoms with Crippen molar-refractivity contribution in [2.45, 2.75) is 26.2 Å². The molecule has 6 nitrogen and oxygen atoms in total. The first-order chi connectivity index (χ1) is 14.6. The second-order valence-corrected chi connectivity index (χ2v) is 7.61. The minimum absolute atomic E-state index is 0.270. The highest BCUT2D eigenvalue weighted by Crippen LogP contribution is 2.45. The second-order valence-electron chi connectivity index (χ2n) is 7.61.